The van der Waals surface area contributed by atoms with Crippen LogP contribution in [-0.4, -0.2) is 16.6 Å². The Hall–Kier alpha value is -3.21. The van der Waals surface area contributed by atoms with Crippen molar-refractivity contribution in [1.82, 2.24) is 4.90 Å². The first-order chi connectivity index (χ1) is 16.0. The third-order valence-corrected chi connectivity index (χ3v) is 5.76. The first-order valence-electron chi connectivity index (χ1n) is 11.3. The highest BCUT2D eigenvalue weighted by Gasteiger charge is 2.37. The Bertz CT molecular complexity index is 1110. The lowest BCUT2D eigenvalue weighted by Gasteiger charge is -2.27. The number of nitrogens with zero attached hydrogens (tertiary/aromatic N) is 1. The van der Waals surface area contributed by atoms with Gasteiger partial charge in [0.15, 0.2) is 5.60 Å². The average molecular weight is 444 g/mol. The summed E-state index contributed by atoms with van der Waals surface area (Å²) in [7, 11) is 0. The molecule has 4 rings (SSSR count). The summed E-state index contributed by atoms with van der Waals surface area (Å²) in [6, 6.07) is 29.7. The Morgan fingerprint density at radius 2 is 1.36 bits per heavy atom. The largest absolute Gasteiger partial charge is 0.461 e. The number of aliphatic hydroxyl groups is 1. The molecule has 0 amide bonds. The van der Waals surface area contributed by atoms with Crippen LogP contribution >= 0.6 is 0 Å². The quantitative estimate of drug-likeness (QED) is 0.327. The predicted molar refractivity (Wildman–Crippen MR) is 129 cm³/mol. The minimum atomic E-state index is -1.41. The Balaban J connectivity index is 1.64. The van der Waals surface area contributed by atoms with Gasteiger partial charge < -0.3 is 9.52 Å². The van der Waals surface area contributed by atoms with Gasteiger partial charge in [-0.2, -0.15) is 0 Å². The summed E-state index contributed by atoms with van der Waals surface area (Å²) >= 11 is 0. The predicted octanol–water partition coefficient (Wildman–Crippen LogP) is 6.36. The van der Waals surface area contributed by atoms with E-state index < -0.39 is 5.60 Å². The van der Waals surface area contributed by atoms with E-state index in [1.54, 1.807) is 6.07 Å². The second-order valence-electron chi connectivity index (χ2n) is 8.86. The molecule has 3 aromatic carbocycles. The molecule has 0 aliphatic carbocycles. The van der Waals surface area contributed by atoms with Crippen molar-refractivity contribution in [1.29, 1.82) is 0 Å². The molecule has 0 atom stereocenters. The van der Waals surface area contributed by atoms with E-state index >= 15 is 0 Å². The van der Waals surface area contributed by atoms with Gasteiger partial charge in [0.2, 0.25) is 0 Å². The monoisotopic (exact) mass is 443 g/mol. The molecule has 0 saturated heterocycles. The van der Waals surface area contributed by atoms with Crippen LogP contribution in [0.3, 0.4) is 0 Å². The highest BCUT2D eigenvalue weighted by Crippen LogP contribution is 2.37. The molecule has 33 heavy (non-hydrogen) atoms. The summed E-state index contributed by atoms with van der Waals surface area (Å²) in [5.74, 6) is 1.41. The van der Waals surface area contributed by atoms with Crippen LogP contribution in [0.2, 0.25) is 0 Å². The topological polar surface area (TPSA) is 36.6 Å². The van der Waals surface area contributed by atoms with Gasteiger partial charge in [0, 0.05) is 18.7 Å². The molecular formula is C29H30FNO2. The molecule has 4 aromatic rings. The lowest BCUT2D eigenvalue weighted by Crippen LogP contribution is -2.28. The fourth-order valence-corrected chi connectivity index (χ4v) is 4.26. The molecule has 0 fully saturated rings. The van der Waals surface area contributed by atoms with Gasteiger partial charge in [-0.3, -0.25) is 4.90 Å². The van der Waals surface area contributed by atoms with E-state index in [0.717, 1.165) is 23.4 Å². The van der Waals surface area contributed by atoms with Crippen LogP contribution in [0.15, 0.2) is 101 Å². The van der Waals surface area contributed by atoms with Gasteiger partial charge >= 0.3 is 0 Å². The number of hydrogen-bond acceptors (Lipinski definition) is 3. The summed E-state index contributed by atoms with van der Waals surface area (Å²) in [4.78, 5) is 2.18. The summed E-state index contributed by atoms with van der Waals surface area (Å²) in [5.41, 5.74) is 0.731. The van der Waals surface area contributed by atoms with Crippen molar-refractivity contribution in [2.45, 2.75) is 32.5 Å². The van der Waals surface area contributed by atoms with Crippen LogP contribution in [0.4, 0.5) is 4.39 Å². The van der Waals surface area contributed by atoms with Crippen molar-refractivity contribution < 1.29 is 13.9 Å². The molecule has 4 heteroatoms. The van der Waals surface area contributed by atoms with Crippen LogP contribution < -0.4 is 0 Å². The smallest absolute Gasteiger partial charge is 0.173 e. The number of halogens is 1. The number of rotatable bonds is 9. The fourth-order valence-electron chi connectivity index (χ4n) is 4.26. The van der Waals surface area contributed by atoms with Crippen molar-refractivity contribution in [2.75, 3.05) is 6.54 Å². The SMILES string of the molecule is CC(C)CN(Cc1ccc(C(O)(c2ccccc2)c2ccccc2)o1)Cc1ccccc1F. The van der Waals surface area contributed by atoms with E-state index in [1.807, 2.05) is 84.9 Å². The van der Waals surface area contributed by atoms with Crippen molar-refractivity contribution >= 4 is 0 Å². The summed E-state index contributed by atoms with van der Waals surface area (Å²) in [5, 5.41) is 11.9. The van der Waals surface area contributed by atoms with E-state index in [2.05, 4.69) is 18.7 Å². The van der Waals surface area contributed by atoms with Gasteiger partial charge in [0.1, 0.15) is 17.3 Å². The summed E-state index contributed by atoms with van der Waals surface area (Å²) in [6.45, 7) is 6.09. The van der Waals surface area contributed by atoms with Gasteiger partial charge in [0.25, 0.3) is 0 Å². The lowest BCUT2D eigenvalue weighted by atomic mass is 9.84. The van der Waals surface area contributed by atoms with Crippen LogP contribution in [-0.2, 0) is 18.7 Å². The molecule has 170 valence electrons. The first-order valence-corrected chi connectivity index (χ1v) is 11.3. The second-order valence-corrected chi connectivity index (χ2v) is 8.86. The maximum atomic E-state index is 14.3. The summed E-state index contributed by atoms with van der Waals surface area (Å²) < 4.78 is 20.5. The van der Waals surface area contributed by atoms with Crippen molar-refractivity contribution in [3.05, 3.63) is 131 Å². The highest BCUT2D eigenvalue weighted by molar-refractivity contribution is 5.43. The standard InChI is InChI=1S/C29H30FNO2/c1-22(2)19-31(20-23-11-9-10-16-27(23)30)21-26-17-18-28(33-26)29(32,24-12-5-3-6-13-24)25-14-7-4-8-15-25/h3-18,22,32H,19-21H2,1-2H3. The Morgan fingerprint density at radius 1 is 0.788 bits per heavy atom. The van der Waals surface area contributed by atoms with E-state index in [-0.39, 0.29) is 5.82 Å². The third kappa shape index (κ3) is 5.24. The molecule has 0 unspecified atom stereocenters. The zero-order valence-electron chi connectivity index (χ0n) is 19.1. The molecule has 3 nitrogen and oxygen atoms in total. The number of benzene rings is 3. The highest BCUT2D eigenvalue weighted by atomic mass is 19.1. The Kier molecular flexibility index (Phi) is 7.07. The minimum Gasteiger partial charge on any atom is -0.461 e. The minimum absolute atomic E-state index is 0.200. The van der Waals surface area contributed by atoms with Crippen molar-refractivity contribution in [2.24, 2.45) is 5.92 Å². The van der Waals surface area contributed by atoms with E-state index in [0.29, 0.717) is 30.3 Å². The molecule has 0 spiro atoms. The van der Waals surface area contributed by atoms with Crippen LogP contribution in [0, 0.1) is 11.7 Å². The van der Waals surface area contributed by atoms with Crippen molar-refractivity contribution in [3.63, 3.8) is 0 Å². The van der Waals surface area contributed by atoms with E-state index in [4.69, 9.17) is 4.42 Å². The maximum Gasteiger partial charge on any atom is 0.173 e. The molecule has 1 N–H and O–H groups in total. The molecule has 0 radical (unpaired) electrons. The Labute approximate surface area is 195 Å². The fraction of sp³-hybridized carbons (Fsp3) is 0.241. The van der Waals surface area contributed by atoms with Gasteiger partial charge in [0.05, 0.1) is 6.54 Å². The lowest BCUT2D eigenvalue weighted by molar-refractivity contribution is 0.0948. The molecule has 0 saturated carbocycles. The first kappa shape index (κ1) is 23.0. The van der Waals surface area contributed by atoms with E-state index in [9.17, 15) is 9.50 Å². The zero-order chi connectivity index (χ0) is 23.3. The van der Waals surface area contributed by atoms with Crippen LogP contribution in [0.5, 0.6) is 0 Å². The van der Waals surface area contributed by atoms with Gasteiger partial charge in [-0.05, 0) is 35.2 Å². The van der Waals surface area contributed by atoms with Crippen molar-refractivity contribution in [3.8, 4) is 0 Å². The van der Waals surface area contributed by atoms with Crippen LogP contribution in [0.25, 0.3) is 0 Å². The third-order valence-electron chi connectivity index (χ3n) is 5.76. The molecule has 0 bridgehead atoms. The second kappa shape index (κ2) is 10.2. The van der Waals surface area contributed by atoms with Gasteiger partial charge in [-0.15, -0.1) is 0 Å². The summed E-state index contributed by atoms with van der Waals surface area (Å²) in [6.07, 6.45) is 0. The molecule has 1 heterocycles. The normalized spacial score (nSPS) is 11.9. The Morgan fingerprint density at radius 3 is 1.94 bits per heavy atom. The number of hydrogen-bond donors (Lipinski definition) is 1. The molecule has 0 aliphatic rings. The molecule has 1 aromatic heterocycles. The number of furan rings is 1. The zero-order valence-corrected chi connectivity index (χ0v) is 19.1. The van der Waals surface area contributed by atoms with Gasteiger partial charge in [-0.1, -0.05) is 92.7 Å². The average Bonchev–Trinajstić information content (AvgIpc) is 3.29. The maximum absolute atomic E-state index is 14.3. The molecular weight excluding hydrogens is 413 g/mol. The van der Waals surface area contributed by atoms with Crippen LogP contribution in [0.1, 0.15) is 42.1 Å². The van der Waals surface area contributed by atoms with Gasteiger partial charge in [-0.25, -0.2) is 4.39 Å². The van der Waals surface area contributed by atoms with E-state index in [1.165, 1.54) is 6.07 Å². The molecule has 0 aliphatic heterocycles.